The van der Waals surface area contributed by atoms with Crippen molar-refractivity contribution in [3.63, 3.8) is 0 Å². The van der Waals surface area contributed by atoms with Gasteiger partial charge in [0.25, 0.3) is 0 Å². The fourth-order valence-electron chi connectivity index (χ4n) is 3.60. The molecule has 0 aromatic carbocycles. The van der Waals surface area contributed by atoms with Crippen LogP contribution in [-0.4, -0.2) is 0 Å². The van der Waals surface area contributed by atoms with Gasteiger partial charge in [0.15, 0.2) is 0 Å². The van der Waals surface area contributed by atoms with Crippen LogP contribution in [0.5, 0.6) is 0 Å². The molecule has 0 aromatic rings. The zero-order chi connectivity index (χ0) is 12.4. The molecule has 0 aliphatic heterocycles. The summed E-state index contributed by atoms with van der Waals surface area (Å²) in [5.74, 6) is 1.78. The van der Waals surface area contributed by atoms with E-state index >= 15 is 0 Å². The van der Waals surface area contributed by atoms with Gasteiger partial charge in [-0.3, -0.25) is 0 Å². The van der Waals surface area contributed by atoms with E-state index in [0.29, 0.717) is 10.8 Å². The van der Waals surface area contributed by atoms with E-state index in [1.807, 2.05) is 0 Å². The first-order chi connectivity index (χ1) is 7.41. The predicted molar refractivity (Wildman–Crippen MR) is 73.6 cm³/mol. The quantitative estimate of drug-likeness (QED) is 0.489. The van der Waals surface area contributed by atoms with Gasteiger partial charge in [0, 0.05) is 0 Å². The molecule has 0 aromatic heterocycles. The van der Waals surface area contributed by atoms with Crippen LogP contribution in [0.3, 0.4) is 0 Å². The summed E-state index contributed by atoms with van der Waals surface area (Å²) in [5.41, 5.74) is 1.29. The second-order valence-corrected chi connectivity index (χ2v) is 6.79. The molecule has 0 radical (unpaired) electrons. The number of hydrogen-bond acceptors (Lipinski definition) is 0. The molecule has 0 heterocycles. The highest BCUT2D eigenvalue weighted by molar-refractivity contribution is 5.11. The van der Waals surface area contributed by atoms with Crippen LogP contribution in [0, 0.1) is 22.7 Å². The topological polar surface area (TPSA) is 0 Å². The van der Waals surface area contributed by atoms with E-state index in [9.17, 15) is 0 Å². The molecule has 0 heteroatoms. The first kappa shape index (κ1) is 14.1. The first-order valence-corrected chi connectivity index (χ1v) is 7.41. The average molecular weight is 224 g/mol. The first-order valence-electron chi connectivity index (χ1n) is 7.41. The fraction of sp³-hybridized carbons (Fsp3) is 1.00. The number of rotatable bonds is 7. The predicted octanol–water partition coefficient (Wildman–Crippen LogP) is 5.67. The van der Waals surface area contributed by atoms with Gasteiger partial charge < -0.3 is 0 Å². The van der Waals surface area contributed by atoms with Gasteiger partial charge in [0.2, 0.25) is 0 Å². The molecule has 1 aliphatic rings. The third-order valence-corrected chi connectivity index (χ3v) is 5.85. The maximum absolute atomic E-state index is 2.54. The van der Waals surface area contributed by atoms with Gasteiger partial charge in [-0.2, -0.15) is 0 Å². The highest BCUT2D eigenvalue weighted by Crippen LogP contribution is 2.70. The van der Waals surface area contributed by atoms with Crippen LogP contribution in [0.4, 0.5) is 0 Å². The zero-order valence-corrected chi connectivity index (χ0v) is 12.4. The fourth-order valence-corrected chi connectivity index (χ4v) is 3.60. The Morgan fingerprint density at radius 1 is 1.06 bits per heavy atom. The van der Waals surface area contributed by atoms with E-state index in [-0.39, 0.29) is 0 Å². The summed E-state index contributed by atoms with van der Waals surface area (Å²) in [4.78, 5) is 0. The van der Waals surface area contributed by atoms with Gasteiger partial charge in [0.1, 0.15) is 0 Å². The Labute approximate surface area is 103 Å². The lowest BCUT2D eigenvalue weighted by Crippen LogP contribution is -2.22. The molecule has 4 unspecified atom stereocenters. The molecular weight excluding hydrogens is 192 g/mol. The monoisotopic (exact) mass is 224 g/mol. The van der Waals surface area contributed by atoms with E-state index in [0.717, 1.165) is 11.8 Å². The van der Waals surface area contributed by atoms with Crippen LogP contribution in [0.2, 0.25) is 0 Å². The second kappa shape index (κ2) is 5.10. The molecule has 0 spiro atoms. The maximum Gasteiger partial charge on any atom is -0.0238 e. The second-order valence-electron chi connectivity index (χ2n) is 6.79. The smallest absolute Gasteiger partial charge is 0.0238 e. The molecule has 96 valence electrons. The van der Waals surface area contributed by atoms with E-state index in [1.165, 1.54) is 38.5 Å². The van der Waals surface area contributed by atoms with E-state index < -0.39 is 0 Å². The van der Waals surface area contributed by atoms with Crippen molar-refractivity contribution in [1.29, 1.82) is 0 Å². The van der Waals surface area contributed by atoms with Crippen molar-refractivity contribution in [2.75, 3.05) is 0 Å². The lowest BCUT2D eigenvalue weighted by Gasteiger charge is -2.30. The van der Waals surface area contributed by atoms with Crippen LogP contribution in [0.1, 0.15) is 80.1 Å². The normalized spacial score (nSPS) is 37.1. The van der Waals surface area contributed by atoms with Gasteiger partial charge >= 0.3 is 0 Å². The molecule has 0 N–H and O–H groups in total. The van der Waals surface area contributed by atoms with Crippen LogP contribution >= 0.6 is 0 Å². The maximum atomic E-state index is 2.54. The van der Waals surface area contributed by atoms with Crippen molar-refractivity contribution < 1.29 is 0 Å². The highest BCUT2D eigenvalue weighted by Gasteiger charge is 2.62. The minimum absolute atomic E-state index is 0.635. The van der Waals surface area contributed by atoms with Crippen LogP contribution < -0.4 is 0 Å². The summed E-state index contributed by atoms with van der Waals surface area (Å²) in [6, 6.07) is 0. The van der Waals surface area contributed by atoms with Gasteiger partial charge in [-0.1, -0.05) is 67.2 Å². The molecule has 4 atom stereocenters. The minimum Gasteiger partial charge on any atom is -0.0654 e. The summed E-state index contributed by atoms with van der Waals surface area (Å²) in [5, 5.41) is 0. The van der Waals surface area contributed by atoms with Crippen LogP contribution in [-0.2, 0) is 0 Å². The molecule has 1 fully saturated rings. The Morgan fingerprint density at radius 3 is 2.19 bits per heavy atom. The SMILES string of the molecule is CCCCCC1(C)CC1(C)C(C)C(C)CC. The standard InChI is InChI=1S/C16H32/c1-7-9-10-11-15(5)12-16(15,6)14(4)13(3)8-2/h13-14H,7-12H2,1-6H3. The zero-order valence-electron chi connectivity index (χ0n) is 12.4. The van der Waals surface area contributed by atoms with Crippen molar-refractivity contribution >= 4 is 0 Å². The Balaban J connectivity index is 2.49. The Kier molecular flexibility index (Phi) is 4.49. The highest BCUT2D eigenvalue weighted by atomic mass is 14.7. The Bertz CT molecular complexity index is 216. The molecule has 0 saturated heterocycles. The lowest BCUT2D eigenvalue weighted by molar-refractivity contribution is 0.193. The molecular formula is C16H32. The summed E-state index contributed by atoms with van der Waals surface area (Å²) in [6.07, 6.45) is 8.47. The Morgan fingerprint density at radius 2 is 1.69 bits per heavy atom. The van der Waals surface area contributed by atoms with Crippen molar-refractivity contribution in [1.82, 2.24) is 0 Å². The Hall–Kier alpha value is 0. The average Bonchev–Trinajstić information content (AvgIpc) is 2.81. The van der Waals surface area contributed by atoms with Crippen molar-refractivity contribution in [2.45, 2.75) is 80.1 Å². The van der Waals surface area contributed by atoms with Crippen LogP contribution in [0.15, 0.2) is 0 Å². The van der Waals surface area contributed by atoms with E-state index in [2.05, 4.69) is 41.5 Å². The van der Waals surface area contributed by atoms with Crippen molar-refractivity contribution in [2.24, 2.45) is 22.7 Å². The van der Waals surface area contributed by atoms with E-state index in [4.69, 9.17) is 0 Å². The van der Waals surface area contributed by atoms with Gasteiger partial charge in [-0.15, -0.1) is 0 Å². The molecule has 1 aliphatic carbocycles. The molecule has 0 bridgehead atoms. The number of hydrogen-bond donors (Lipinski definition) is 0. The summed E-state index contributed by atoms with van der Waals surface area (Å²) in [7, 11) is 0. The van der Waals surface area contributed by atoms with Crippen molar-refractivity contribution in [3.05, 3.63) is 0 Å². The van der Waals surface area contributed by atoms with E-state index in [1.54, 1.807) is 0 Å². The molecule has 0 amide bonds. The lowest BCUT2D eigenvalue weighted by atomic mass is 9.75. The van der Waals surface area contributed by atoms with Gasteiger partial charge in [-0.05, 0) is 35.5 Å². The minimum atomic E-state index is 0.635. The summed E-state index contributed by atoms with van der Waals surface area (Å²) < 4.78 is 0. The largest absolute Gasteiger partial charge is 0.0654 e. The molecule has 1 rings (SSSR count). The van der Waals surface area contributed by atoms with Gasteiger partial charge in [-0.25, -0.2) is 0 Å². The summed E-state index contributed by atoms with van der Waals surface area (Å²) in [6.45, 7) is 14.6. The molecule has 1 saturated carbocycles. The number of unbranched alkanes of at least 4 members (excludes halogenated alkanes) is 2. The third kappa shape index (κ3) is 2.46. The molecule has 0 nitrogen and oxygen atoms in total. The molecule has 16 heavy (non-hydrogen) atoms. The van der Waals surface area contributed by atoms with Crippen molar-refractivity contribution in [3.8, 4) is 0 Å². The summed E-state index contributed by atoms with van der Waals surface area (Å²) >= 11 is 0. The van der Waals surface area contributed by atoms with Crippen LogP contribution in [0.25, 0.3) is 0 Å². The third-order valence-electron chi connectivity index (χ3n) is 5.85. The van der Waals surface area contributed by atoms with Gasteiger partial charge in [0.05, 0.1) is 0 Å².